The maximum absolute atomic E-state index is 11.7. The Labute approximate surface area is 131 Å². The van der Waals surface area contributed by atoms with Gasteiger partial charge in [-0.25, -0.2) is 4.98 Å². The number of rotatable bonds is 5. The monoisotopic (exact) mass is 310 g/mol. The molecule has 1 unspecified atom stereocenters. The second-order valence-electron chi connectivity index (χ2n) is 6.17. The van der Waals surface area contributed by atoms with Gasteiger partial charge in [0, 0.05) is 32.1 Å². The Morgan fingerprint density at radius 1 is 1.52 bits per heavy atom. The van der Waals surface area contributed by atoms with Gasteiger partial charge in [-0.1, -0.05) is 0 Å². The SMILES string of the molecule is CC(N)C1CCN(Cc2csc(CC(=O)N(C)C)n2)CC1. The summed E-state index contributed by atoms with van der Waals surface area (Å²) in [5, 5.41) is 2.99. The molecule has 1 aliphatic rings. The highest BCUT2D eigenvalue weighted by Gasteiger charge is 2.22. The third kappa shape index (κ3) is 4.76. The Bertz CT molecular complexity index is 464. The van der Waals surface area contributed by atoms with Crippen LogP contribution in [0.2, 0.25) is 0 Å². The number of piperidine rings is 1. The molecule has 1 fully saturated rings. The van der Waals surface area contributed by atoms with Crippen LogP contribution in [-0.2, 0) is 17.8 Å². The highest BCUT2D eigenvalue weighted by atomic mass is 32.1. The summed E-state index contributed by atoms with van der Waals surface area (Å²) < 4.78 is 0. The van der Waals surface area contributed by atoms with Crippen molar-refractivity contribution in [1.29, 1.82) is 0 Å². The van der Waals surface area contributed by atoms with Crippen LogP contribution in [0.25, 0.3) is 0 Å². The zero-order valence-electron chi connectivity index (χ0n) is 13.2. The molecule has 0 spiro atoms. The Hall–Kier alpha value is -0.980. The van der Waals surface area contributed by atoms with Crippen LogP contribution in [0.5, 0.6) is 0 Å². The number of thiazole rings is 1. The molecule has 1 saturated heterocycles. The van der Waals surface area contributed by atoms with Crippen LogP contribution < -0.4 is 5.73 Å². The Balaban J connectivity index is 1.82. The lowest BCUT2D eigenvalue weighted by atomic mass is 9.91. The second-order valence-corrected chi connectivity index (χ2v) is 7.11. The van der Waals surface area contributed by atoms with E-state index in [-0.39, 0.29) is 5.91 Å². The molecule has 0 saturated carbocycles. The smallest absolute Gasteiger partial charge is 0.228 e. The molecule has 1 atom stereocenters. The number of likely N-dealkylation sites (N-methyl/N-ethyl adjacent to an activating group) is 1. The third-order valence-electron chi connectivity index (χ3n) is 4.16. The number of nitrogens with zero attached hydrogens (tertiary/aromatic N) is 3. The standard InChI is InChI=1S/C15H26N4OS/c1-11(16)12-4-6-19(7-5-12)9-13-10-21-14(17-13)8-15(20)18(2)3/h10-12H,4-9,16H2,1-3H3. The zero-order chi connectivity index (χ0) is 15.4. The van der Waals surface area contributed by atoms with Crippen LogP contribution in [0.4, 0.5) is 0 Å². The van der Waals surface area contributed by atoms with Gasteiger partial charge in [0.15, 0.2) is 0 Å². The van der Waals surface area contributed by atoms with Gasteiger partial charge in [-0.2, -0.15) is 0 Å². The van der Waals surface area contributed by atoms with Gasteiger partial charge in [0.1, 0.15) is 5.01 Å². The summed E-state index contributed by atoms with van der Waals surface area (Å²) >= 11 is 1.58. The predicted molar refractivity (Wildman–Crippen MR) is 86.2 cm³/mol. The fourth-order valence-corrected chi connectivity index (χ4v) is 3.43. The quantitative estimate of drug-likeness (QED) is 0.891. The summed E-state index contributed by atoms with van der Waals surface area (Å²) in [5.41, 5.74) is 7.06. The van der Waals surface area contributed by atoms with Gasteiger partial charge in [-0.15, -0.1) is 11.3 Å². The molecule has 21 heavy (non-hydrogen) atoms. The van der Waals surface area contributed by atoms with Crippen molar-refractivity contribution >= 4 is 17.2 Å². The first kappa shape index (κ1) is 16.4. The van der Waals surface area contributed by atoms with Crippen molar-refractivity contribution in [1.82, 2.24) is 14.8 Å². The Morgan fingerprint density at radius 2 is 2.19 bits per heavy atom. The molecular weight excluding hydrogens is 284 g/mol. The van der Waals surface area contributed by atoms with Crippen molar-refractivity contribution in [3.63, 3.8) is 0 Å². The second kappa shape index (κ2) is 7.33. The molecule has 0 bridgehead atoms. The average molecular weight is 310 g/mol. The van der Waals surface area contributed by atoms with E-state index in [1.165, 1.54) is 12.8 Å². The van der Waals surface area contributed by atoms with Crippen LogP contribution in [-0.4, -0.2) is 53.9 Å². The summed E-state index contributed by atoms with van der Waals surface area (Å²) in [5.74, 6) is 0.763. The van der Waals surface area contributed by atoms with Gasteiger partial charge in [0.25, 0.3) is 0 Å². The summed E-state index contributed by atoms with van der Waals surface area (Å²) in [7, 11) is 3.55. The van der Waals surface area contributed by atoms with E-state index >= 15 is 0 Å². The van der Waals surface area contributed by atoms with Crippen molar-refractivity contribution in [2.45, 2.75) is 38.8 Å². The molecule has 0 radical (unpaired) electrons. The maximum Gasteiger partial charge on any atom is 0.228 e. The Kier molecular flexibility index (Phi) is 5.72. The number of aromatic nitrogens is 1. The molecule has 2 N–H and O–H groups in total. The van der Waals surface area contributed by atoms with Crippen LogP contribution in [0.1, 0.15) is 30.5 Å². The molecule has 118 valence electrons. The average Bonchev–Trinajstić information content (AvgIpc) is 2.86. The molecule has 1 amide bonds. The van der Waals surface area contributed by atoms with Crippen LogP contribution in [0.15, 0.2) is 5.38 Å². The summed E-state index contributed by atoms with van der Waals surface area (Å²) in [4.78, 5) is 20.3. The normalized spacial score (nSPS) is 18.7. The van der Waals surface area contributed by atoms with Crippen LogP contribution >= 0.6 is 11.3 Å². The highest BCUT2D eigenvalue weighted by molar-refractivity contribution is 7.09. The van der Waals surface area contributed by atoms with Gasteiger partial charge in [0.2, 0.25) is 5.91 Å². The molecule has 1 aromatic heterocycles. The van der Waals surface area contributed by atoms with Crippen molar-refractivity contribution in [3.8, 4) is 0 Å². The predicted octanol–water partition coefficient (Wildman–Crippen LogP) is 1.33. The number of hydrogen-bond acceptors (Lipinski definition) is 5. The van der Waals surface area contributed by atoms with E-state index in [0.29, 0.717) is 18.4 Å². The van der Waals surface area contributed by atoms with Crippen molar-refractivity contribution < 1.29 is 4.79 Å². The van der Waals surface area contributed by atoms with Crippen molar-refractivity contribution in [2.24, 2.45) is 11.7 Å². The highest BCUT2D eigenvalue weighted by Crippen LogP contribution is 2.21. The van der Waals surface area contributed by atoms with Gasteiger partial charge in [0.05, 0.1) is 12.1 Å². The topological polar surface area (TPSA) is 62.5 Å². The maximum atomic E-state index is 11.7. The first-order valence-corrected chi connectivity index (χ1v) is 8.45. The summed E-state index contributed by atoms with van der Waals surface area (Å²) in [6.07, 6.45) is 2.76. The molecule has 2 heterocycles. The molecule has 0 aromatic carbocycles. The summed E-state index contributed by atoms with van der Waals surface area (Å²) in [6, 6.07) is 0.301. The van der Waals surface area contributed by atoms with E-state index < -0.39 is 0 Å². The summed E-state index contributed by atoms with van der Waals surface area (Å²) in [6.45, 7) is 5.18. The first-order valence-electron chi connectivity index (χ1n) is 7.57. The lowest BCUT2D eigenvalue weighted by Crippen LogP contribution is -2.39. The lowest BCUT2D eigenvalue weighted by Gasteiger charge is -2.33. The number of carbonyl (C=O) groups is 1. The van der Waals surface area contributed by atoms with Crippen LogP contribution in [0.3, 0.4) is 0 Å². The lowest BCUT2D eigenvalue weighted by molar-refractivity contribution is -0.127. The minimum Gasteiger partial charge on any atom is -0.348 e. The number of likely N-dealkylation sites (tertiary alicyclic amines) is 1. The van der Waals surface area contributed by atoms with Gasteiger partial charge >= 0.3 is 0 Å². The number of carbonyl (C=O) groups excluding carboxylic acids is 1. The van der Waals surface area contributed by atoms with Gasteiger partial charge < -0.3 is 10.6 Å². The molecular formula is C15H26N4OS. The number of nitrogens with two attached hydrogens (primary N) is 1. The zero-order valence-corrected chi connectivity index (χ0v) is 14.0. The first-order chi connectivity index (χ1) is 9.95. The molecule has 0 aliphatic carbocycles. The molecule has 6 heteroatoms. The molecule has 1 aliphatic heterocycles. The van der Waals surface area contributed by atoms with E-state index in [0.717, 1.165) is 30.3 Å². The fourth-order valence-electron chi connectivity index (χ4n) is 2.66. The molecule has 2 rings (SSSR count). The van der Waals surface area contributed by atoms with E-state index in [9.17, 15) is 4.79 Å². The minimum absolute atomic E-state index is 0.105. The Morgan fingerprint density at radius 3 is 2.76 bits per heavy atom. The minimum atomic E-state index is 0.105. The largest absolute Gasteiger partial charge is 0.348 e. The molecule has 1 aromatic rings. The number of hydrogen-bond donors (Lipinski definition) is 1. The fraction of sp³-hybridized carbons (Fsp3) is 0.733. The van der Waals surface area contributed by atoms with Gasteiger partial charge in [-0.05, 0) is 38.8 Å². The van der Waals surface area contributed by atoms with Crippen molar-refractivity contribution in [2.75, 3.05) is 27.2 Å². The van der Waals surface area contributed by atoms with E-state index in [1.807, 2.05) is 0 Å². The van der Waals surface area contributed by atoms with Gasteiger partial charge in [-0.3, -0.25) is 9.69 Å². The number of amides is 1. The van der Waals surface area contributed by atoms with Crippen LogP contribution in [0, 0.1) is 5.92 Å². The van der Waals surface area contributed by atoms with E-state index in [4.69, 9.17) is 5.73 Å². The van der Waals surface area contributed by atoms with E-state index in [1.54, 1.807) is 30.3 Å². The van der Waals surface area contributed by atoms with E-state index in [2.05, 4.69) is 22.2 Å². The third-order valence-corrected chi connectivity index (χ3v) is 5.06. The van der Waals surface area contributed by atoms with Crippen molar-refractivity contribution in [3.05, 3.63) is 16.1 Å². The molecule has 5 nitrogen and oxygen atoms in total.